The summed E-state index contributed by atoms with van der Waals surface area (Å²) in [7, 11) is 1.58. The molecule has 1 N–H and O–H groups in total. The van der Waals surface area contributed by atoms with Crippen LogP contribution < -0.4 is 10.2 Å². The van der Waals surface area contributed by atoms with Gasteiger partial charge in [0.15, 0.2) is 0 Å². The number of aryl methyl sites for hydroxylation is 2. The third-order valence-corrected chi connectivity index (χ3v) is 7.95. The molecule has 3 aromatic rings. The van der Waals surface area contributed by atoms with Crippen molar-refractivity contribution in [2.45, 2.75) is 45.3 Å². The van der Waals surface area contributed by atoms with Crippen molar-refractivity contribution in [2.75, 3.05) is 37.5 Å². The van der Waals surface area contributed by atoms with Crippen LogP contribution in [0.1, 0.15) is 54.0 Å². The van der Waals surface area contributed by atoms with Gasteiger partial charge in [-0.15, -0.1) is 11.8 Å². The predicted octanol–water partition coefficient (Wildman–Crippen LogP) is 5.37. The molecular weight excluding hydrogens is 520 g/mol. The van der Waals surface area contributed by atoms with E-state index in [0.29, 0.717) is 24.0 Å². The van der Waals surface area contributed by atoms with E-state index in [-0.39, 0.29) is 34.8 Å². The second-order valence-corrected chi connectivity index (χ2v) is 12.1. The molecule has 1 aromatic heterocycles. The molecule has 0 fully saturated rings. The van der Waals surface area contributed by atoms with Crippen LogP contribution in [0.5, 0.6) is 0 Å². The minimum Gasteiger partial charge on any atom is -0.383 e. The van der Waals surface area contributed by atoms with E-state index < -0.39 is 0 Å². The van der Waals surface area contributed by atoms with E-state index in [1.54, 1.807) is 12.0 Å². The van der Waals surface area contributed by atoms with E-state index in [0.717, 1.165) is 33.6 Å². The Hall–Kier alpha value is -2.81. The lowest BCUT2D eigenvalue weighted by Crippen LogP contribution is -2.43. The van der Waals surface area contributed by atoms with Gasteiger partial charge < -0.3 is 10.1 Å². The Labute approximate surface area is 233 Å². The number of hydrogen-bond donors (Lipinski definition) is 1. The van der Waals surface area contributed by atoms with Gasteiger partial charge in [0.1, 0.15) is 12.4 Å². The van der Waals surface area contributed by atoms with E-state index in [2.05, 4.69) is 32.2 Å². The third-order valence-electron chi connectivity index (χ3n) is 6.46. The highest BCUT2D eigenvalue weighted by molar-refractivity contribution is 8.00. The van der Waals surface area contributed by atoms with Crippen molar-refractivity contribution in [3.8, 4) is 5.69 Å². The van der Waals surface area contributed by atoms with Crippen molar-refractivity contribution >= 4 is 41.0 Å². The van der Waals surface area contributed by atoms with Gasteiger partial charge in [-0.25, -0.2) is 4.68 Å². The maximum atomic E-state index is 13.7. The Bertz CT molecular complexity index is 1350. The van der Waals surface area contributed by atoms with E-state index in [9.17, 15) is 9.59 Å². The van der Waals surface area contributed by atoms with Gasteiger partial charge in [-0.1, -0.05) is 62.2 Å². The average Bonchev–Trinajstić information content (AvgIpc) is 3.17. The predicted molar refractivity (Wildman–Crippen MR) is 155 cm³/mol. The Morgan fingerprint density at radius 2 is 1.97 bits per heavy atom. The zero-order chi connectivity index (χ0) is 27.6. The number of anilines is 1. The number of benzene rings is 2. The van der Waals surface area contributed by atoms with Crippen LogP contribution in [0.3, 0.4) is 0 Å². The Balaban J connectivity index is 1.98. The summed E-state index contributed by atoms with van der Waals surface area (Å²) in [6.07, 6.45) is 0. The molecule has 0 spiro atoms. The number of fused-ring (bicyclic) bond motifs is 1. The number of ether oxygens (including phenoxy) is 1. The number of rotatable bonds is 7. The van der Waals surface area contributed by atoms with Crippen molar-refractivity contribution in [1.82, 2.24) is 15.1 Å². The normalized spacial score (nSPS) is 15.8. The van der Waals surface area contributed by atoms with E-state index in [1.807, 2.05) is 54.9 Å². The zero-order valence-electron chi connectivity index (χ0n) is 22.8. The van der Waals surface area contributed by atoms with Gasteiger partial charge in [-0.2, -0.15) is 5.10 Å². The van der Waals surface area contributed by atoms with Gasteiger partial charge in [-0.3, -0.25) is 14.5 Å². The number of halogens is 1. The molecule has 0 radical (unpaired) electrons. The summed E-state index contributed by atoms with van der Waals surface area (Å²) in [4.78, 5) is 28.3. The number of hydrogen-bond acceptors (Lipinski definition) is 5. The van der Waals surface area contributed by atoms with Crippen LogP contribution in [0.2, 0.25) is 5.02 Å². The lowest BCUT2D eigenvalue weighted by Gasteiger charge is -2.25. The van der Waals surface area contributed by atoms with Crippen LogP contribution in [0.4, 0.5) is 5.82 Å². The van der Waals surface area contributed by atoms with Crippen LogP contribution in [0.25, 0.3) is 5.69 Å². The zero-order valence-corrected chi connectivity index (χ0v) is 24.4. The summed E-state index contributed by atoms with van der Waals surface area (Å²) >= 11 is 7.95. The number of nitrogens with one attached hydrogen (secondary N) is 1. The van der Waals surface area contributed by atoms with Crippen LogP contribution in [-0.4, -0.2) is 54.2 Å². The number of nitrogens with zero attached hydrogens (tertiary/aromatic N) is 3. The molecule has 0 unspecified atom stereocenters. The van der Waals surface area contributed by atoms with Crippen LogP contribution in [-0.2, 0) is 19.7 Å². The van der Waals surface area contributed by atoms with Crippen LogP contribution in [0, 0.1) is 13.8 Å². The second kappa shape index (κ2) is 11.5. The lowest BCUT2D eigenvalue weighted by molar-refractivity contribution is -0.123. The number of methoxy groups -OCH3 is 1. The molecule has 0 saturated carbocycles. The number of carbonyl (C=O) groups excluding carboxylic acids is 2. The summed E-state index contributed by atoms with van der Waals surface area (Å²) in [6, 6.07) is 13.9. The van der Waals surface area contributed by atoms with E-state index >= 15 is 0 Å². The van der Waals surface area contributed by atoms with Crippen molar-refractivity contribution in [2.24, 2.45) is 0 Å². The quantitative estimate of drug-likeness (QED) is 0.397. The highest BCUT2D eigenvalue weighted by Gasteiger charge is 2.40. The number of thioether (sulfide) groups is 1. The molecule has 202 valence electrons. The van der Waals surface area contributed by atoms with Gasteiger partial charge in [0.25, 0.3) is 0 Å². The van der Waals surface area contributed by atoms with Crippen molar-refractivity contribution < 1.29 is 14.3 Å². The fraction of sp³-hybridized carbons (Fsp3) is 0.414. The average molecular weight is 555 g/mol. The van der Waals surface area contributed by atoms with Crippen molar-refractivity contribution in [3.05, 3.63) is 75.4 Å². The summed E-state index contributed by atoms with van der Waals surface area (Å²) < 4.78 is 6.92. The summed E-state index contributed by atoms with van der Waals surface area (Å²) in [5.74, 6) is 0.448. The first kappa shape index (κ1) is 28.2. The van der Waals surface area contributed by atoms with Gasteiger partial charge in [-0.05, 0) is 43.2 Å². The summed E-state index contributed by atoms with van der Waals surface area (Å²) in [5, 5.41) is 8.45. The smallest absolute Gasteiger partial charge is 0.240 e. The maximum Gasteiger partial charge on any atom is 0.240 e. The molecule has 9 heteroatoms. The molecule has 1 aliphatic heterocycles. The first-order valence-electron chi connectivity index (χ1n) is 12.7. The topological polar surface area (TPSA) is 76.5 Å². The number of carbonyl (C=O) groups is 2. The standard InChI is InChI=1S/C29H35ClN4O3S/c1-18-10-11-22(19(2)14-18)34-28-25(27(32-34)29(3,4)5)26(20-8-7-9-21(30)15-20)38-17-24(36)33(28)16-23(35)31-12-13-37-6/h7-11,14-15,26H,12-13,16-17H2,1-6H3,(H,31,35)/t26-/m1/s1. The van der Waals surface area contributed by atoms with Gasteiger partial charge in [0, 0.05) is 29.7 Å². The SMILES string of the molecule is COCCNC(=O)CN1C(=O)CS[C@H](c2cccc(Cl)c2)c2c(C(C)(C)C)nn(-c3ccc(C)cc3C)c21. The molecule has 38 heavy (non-hydrogen) atoms. The molecule has 1 atom stereocenters. The van der Waals surface area contributed by atoms with Crippen molar-refractivity contribution in [1.29, 1.82) is 0 Å². The van der Waals surface area contributed by atoms with Gasteiger partial charge in [0.05, 0.1) is 29.0 Å². The Kier molecular flexibility index (Phi) is 8.55. The fourth-order valence-electron chi connectivity index (χ4n) is 4.71. The van der Waals surface area contributed by atoms with Crippen LogP contribution >= 0.6 is 23.4 Å². The first-order chi connectivity index (χ1) is 18.0. The Morgan fingerprint density at radius 1 is 1.21 bits per heavy atom. The minimum absolute atomic E-state index is 0.113. The molecule has 2 heterocycles. The molecule has 1 aliphatic rings. The largest absolute Gasteiger partial charge is 0.383 e. The summed E-state index contributed by atoms with van der Waals surface area (Å²) in [6.45, 7) is 11.1. The fourth-order valence-corrected chi connectivity index (χ4v) is 6.10. The number of aromatic nitrogens is 2. The molecule has 0 aliphatic carbocycles. The van der Waals surface area contributed by atoms with Gasteiger partial charge >= 0.3 is 0 Å². The molecule has 2 aromatic carbocycles. The first-order valence-corrected chi connectivity index (χ1v) is 14.1. The molecule has 4 rings (SSSR count). The molecule has 7 nitrogen and oxygen atoms in total. The molecular formula is C29H35ClN4O3S. The Morgan fingerprint density at radius 3 is 2.63 bits per heavy atom. The van der Waals surface area contributed by atoms with E-state index in [1.165, 1.54) is 11.8 Å². The number of amides is 2. The lowest BCUT2D eigenvalue weighted by atomic mass is 9.87. The second-order valence-electron chi connectivity index (χ2n) is 10.6. The highest BCUT2D eigenvalue weighted by atomic mass is 35.5. The third kappa shape index (κ3) is 5.92. The minimum atomic E-state index is -0.328. The van der Waals surface area contributed by atoms with Crippen LogP contribution in [0.15, 0.2) is 42.5 Å². The monoisotopic (exact) mass is 554 g/mol. The highest BCUT2D eigenvalue weighted by Crippen LogP contribution is 2.48. The molecule has 0 bridgehead atoms. The summed E-state index contributed by atoms with van der Waals surface area (Å²) in [5.41, 5.74) is 5.52. The molecule has 0 saturated heterocycles. The van der Waals surface area contributed by atoms with Gasteiger partial charge in [0.2, 0.25) is 11.8 Å². The molecule has 2 amide bonds. The van der Waals surface area contributed by atoms with E-state index in [4.69, 9.17) is 21.4 Å². The van der Waals surface area contributed by atoms with Crippen molar-refractivity contribution in [3.63, 3.8) is 0 Å². The maximum absolute atomic E-state index is 13.7.